The summed E-state index contributed by atoms with van der Waals surface area (Å²) in [6.07, 6.45) is 4.65. The Morgan fingerprint density at radius 1 is 1.11 bits per heavy atom. The average molecular weight is 403 g/mol. The summed E-state index contributed by atoms with van der Waals surface area (Å²) in [6, 6.07) is 9.73. The van der Waals surface area contributed by atoms with E-state index in [1.54, 1.807) is 0 Å². The lowest BCUT2D eigenvalue weighted by molar-refractivity contribution is 0.0712. The van der Waals surface area contributed by atoms with Crippen molar-refractivity contribution in [2.24, 2.45) is 0 Å². The van der Waals surface area contributed by atoms with Gasteiger partial charge < -0.3 is 9.80 Å². The number of piperidine rings is 1. The van der Waals surface area contributed by atoms with Crippen LogP contribution >= 0.6 is 0 Å². The van der Waals surface area contributed by atoms with Crippen LogP contribution < -0.4 is 9.62 Å². The molecule has 4 rings (SSSR count). The van der Waals surface area contributed by atoms with Gasteiger partial charge in [0.2, 0.25) is 10.0 Å². The molecule has 2 saturated heterocycles. The zero-order valence-electron chi connectivity index (χ0n) is 16.1. The van der Waals surface area contributed by atoms with Crippen molar-refractivity contribution < 1.29 is 13.2 Å². The van der Waals surface area contributed by atoms with Gasteiger partial charge >= 0.3 is 0 Å². The van der Waals surface area contributed by atoms with Crippen LogP contribution in [0.5, 0.6) is 0 Å². The first-order valence-electron chi connectivity index (χ1n) is 9.82. The molecule has 28 heavy (non-hydrogen) atoms. The molecule has 0 atom stereocenters. The van der Waals surface area contributed by atoms with E-state index in [1.807, 2.05) is 35.2 Å². The molecule has 2 aliphatic heterocycles. The van der Waals surface area contributed by atoms with Crippen molar-refractivity contribution in [1.29, 1.82) is 0 Å². The van der Waals surface area contributed by atoms with Gasteiger partial charge in [-0.15, -0.1) is 0 Å². The minimum Gasteiger partial charge on any atom is -0.356 e. The maximum Gasteiger partial charge on any atom is 0.257 e. The summed E-state index contributed by atoms with van der Waals surface area (Å²) in [4.78, 5) is 22.2. The molecular weight excluding hydrogens is 376 g/mol. The Balaban J connectivity index is 1.59. The van der Waals surface area contributed by atoms with E-state index in [1.165, 1.54) is 6.26 Å². The second-order valence-electron chi connectivity index (χ2n) is 7.70. The largest absolute Gasteiger partial charge is 0.356 e. The number of anilines is 1. The zero-order valence-corrected chi connectivity index (χ0v) is 16.9. The van der Waals surface area contributed by atoms with E-state index in [-0.39, 0.29) is 11.9 Å². The Kier molecular flexibility index (Phi) is 5.25. The molecule has 3 heterocycles. The summed E-state index contributed by atoms with van der Waals surface area (Å²) in [5, 5.41) is 0.961. The molecule has 0 bridgehead atoms. The molecule has 2 fully saturated rings. The van der Waals surface area contributed by atoms with Crippen molar-refractivity contribution in [2.75, 3.05) is 37.3 Å². The van der Waals surface area contributed by atoms with Crippen molar-refractivity contribution in [1.82, 2.24) is 14.6 Å². The number of nitrogens with one attached hydrogen (secondary N) is 1. The Morgan fingerprint density at radius 2 is 1.79 bits per heavy atom. The maximum atomic E-state index is 13.3. The fraction of sp³-hybridized carbons (Fsp3) is 0.500. The SMILES string of the molecule is CS(=O)(=O)NC1CCN(C(=O)c2cc3ccccc3nc2N2CCCC2)CC1. The van der Waals surface area contributed by atoms with Crippen LogP contribution in [0.2, 0.25) is 0 Å². The van der Waals surface area contributed by atoms with Crippen molar-refractivity contribution in [3.05, 3.63) is 35.9 Å². The van der Waals surface area contributed by atoms with Crippen LogP contribution in [0.4, 0.5) is 5.82 Å². The number of carbonyl (C=O) groups is 1. The molecule has 1 aromatic carbocycles. The fourth-order valence-corrected chi connectivity index (χ4v) is 4.95. The number of rotatable bonds is 4. The first kappa shape index (κ1) is 19.1. The number of benzene rings is 1. The number of fused-ring (bicyclic) bond motifs is 1. The highest BCUT2D eigenvalue weighted by molar-refractivity contribution is 7.88. The lowest BCUT2D eigenvalue weighted by Crippen LogP contribution is -2.46. The maximum absolute atomic E-state index is 13.3. The highest BCUT2D eigenvalue weighted by Gasteiger charge is 2.29. The van der Waals surface area contributed by atoms with Crippen LogP contribution in [-0.4, -0.2) is 62.7 Å². The molecule has 7 nitrogen and oxygen atoms in total. The van der Waals surface area contributed by atoms with Gasteiger partial charge in [0.1, 0.15) is 5.82 Å². The molecule has 2 aromatic rings. The van der Waals surface area contributed by atoms with Crippen LogP contribution in [-0.2, 0) is 10.0 Å². The predicted octanol–water partition coefficient (Wildman–Crippen LogP) is 1.99. The highest BCUT2D eigenvalue weighted by atomic mass is 32.2. The van der Waals surface area contributed by atoms with Crippen LogP contribution in [0, 0.1) is 0 Å². The third kappa shape index (κ3) is 4.12. The number of hydrogen-bond donors (Lipinski definition) is 1. The van der Waals surface area contributed by atoms with Crippen molar-refractivity contribution in [2.45, 2.75) is 31.7 Å². The number of para-hydroxylation sites is 1. The number of carbonyl (C=O) groups excluding carboxylic acids is 1. The number of pyridine rings is 1. The van der Waals surface area contributed by atoms with Crippen LogP contribution in [0.3, 0.4) is 0 Å². The summed E-state index contributed by atoms with van der Waals surface area (Å²) in [5.41, 5.74) is 1.55. The standard InChI is InChI=1S/C20H26N4O3S/c1-28(26,27)22-16-8-12-24(13-9-16)20(25)17-14-15-6-2-3-7-18(15)21-19(17)23-10-4-5-11-23/h2-3,6-7,14,16,22H,4-5,8-13H2,1H3. The van der Waals surface area contributed by atoms with Gasteiger partial charge in [0.25, 0.3) is 5.91 Å². The fourth-order valence-electron chi connectivity index (χ4n) is 4.11. The molecule has 2 aliphatic rings. The summed E-state index contributed by atoms with van der Waals surface area (Å²) in [5.74, 6) is 0.760. The number of amides is 1. The number of sulfonamides is 1. The molecule has 1 N–H and O–H groups in total. The molecule has 1 aromatic heterocycles. The summed E-state index contributed by atoms with van der Waals surface area (Å²) in [6.45, 7) is 2.93. The van der Waals surface area contributed by atoms with Crippen LogP contribution in [0.1, 0.15) is 36.0 Å². The third-order valence-electron chi connectivity index (χ3n) is 5.50. The summed E-state index contributed by atoms with van der Waals surface area (Å²) >= 11 is 0. The van der Waals surface area contributed by atoms with Gasteiger partial charge in [-0.2, -0.15) is 0 Å². The van der Waals surface area contributed by atoms with Crippen LogP contribution in [0.25, 0.3) is 10.9 Å². The smallest absolute Gasteiger partial charge is 0.257 e. The lowest BCUT2D eigenvalue weighted by atomic mass is 10.0. The molecule has 8 heteroatoms. The third-order valence-corrected chi connectivity index (χ3v) is 6.26. The summed E-state index contributed by atoms with van der Waals surface area (Å²) in [7, 11) is -3.23. The number of likely N-dealkylation sites (tertiary alicyclic amines) is 1. The Morgan fingerprint density at radius 3 is 2.46 bits per heavy atom. The quantitative estimate of drug-likeness (QED) is 0.846. The average Bonchev–Trinajstić information content (AvgIpc) is 3.20. The van der Waals surface area contributed by atoms with Gasteiger partial charge in [-0.05, 0) is 37.8 Å². The van der Waals surface area contributed by atoms with E-state index >= 15 is 0 Å². The number of aromatic nitrogens is 1. The van der Waals surface area contributed by atoms with E-state index in [0.29, 0.717) is 31.5 Å². The van der Waals surface area contributed by atoms with Crippen molar-refractivity contribution in [3.8, 4) is 0 Å². The first-order valence-corrected chi connectivity index (χ1v) is 11.7. The Labute approximate surface area is 165 Å². The minimum absolute atomic E-state index is 0.0158. The van der Waals surface area contributed by atoms with Gasteiger partial charge in [0.15, 0.2) is 0 Å². The van der Waals surface area contributed by atoms with Crippen LogP contribution in [0.15, 0.2) is 30.3 Å². The monoisotopic (exact) mass is 402 g/mol. The molecule has 150 valence electrons. The topological polar surface area (TPSA) is 82.6 Å². The molecule has 0 spiro atoms. The highest BCUT2D eigenvalue weighted by Crippen LogP contribution is 2.28. The molecule has 0 saturated carbocycles. The van der Waals surface area contributed by atoms with E-state index in [9.17, 15) is 13.2 Å². The van der Waals surface area contributed by atoms with Gasteiger partial charge in [-0.25, -0.2) is 18.1 Å². The van der Waals surface area contributed by atoms with E-state index in [2.05, 4.69) is 9.62 Å². The zero-order chi connectivity index (χ0) is 19.7. The van der Waals surface area contributed by atoms with E-state index in [4.69, 9.17) is 4.98 Å². The van der Waals surface area contributed by atoms with Crippen molar-refractivity contribution in [3.63, 3.8) is 0 Å². The molecule has 0 unspecified atom stereocenters. The number of nitrogens with zero attached hydrogens (tertiary/aromatic N) is 3. The minimum atomic E-state index is -3.23. The predicted molar refractivity (Wildman–Crippen MR) is 110 cm³/mol. The number of hydrogen-bond acceptors (Lipinski definition) is 5. The lowest BCUT2D eigenvalue weighted by Gasteiger charge is -2.33. The second kappa shape index (κ2) is 7.67. The molecular formula is C20H26N4O3S. The second-order valence-corrected chi connectivity index (χ2v) is 9.48. The summed E-state index contributed by atoms with van der Waals surface area (Å²) < 4.78 is 25.5. The normalized spacial score (nSPS) is 18.8. The van der Waals surface area contributed by atoms with Crippen molar-refractivity contribution >= 4 is 32.7 Å². The Hall–Kier alpha value is -2.19. The molecule has 0 aliphatic carbocycles. The molecule has 1 amide bonds. The van der Waals surface area contributed by atoms with Gasteiger partial charge in [0, 0.05) is 37.6 Å². The van der Waals surface area contributed by atoms with E-state index in [0.717, 1.165) is 42.7 Å². The first-order chi connectivity index (χ1) is 13.4. The van der Waals surface area contributed by atoms with Gasteiger partial charge in [-0.3, -0.25) is 4.79 Å². The van der Waals surface area contributed by atoms with Gasteiger partial charge in [0.05, 0.1) is 17.3 Å². The van der Waals surface area contributed by atoms with Gasteiger partial charge in [-0.1, -0.05) is 18.2 Å². The Bertz CT molecular complexity index is 978. The molecule has 0 radical (unpaired) electrons. The van der Waals surface area contributed by atoms with E-state index < -0.39 is 10.0 Å².